The number of hydrogen-bond donors (Lipinski definition) is 1. The zero-order chi connectivity index (χ0) is 12.9. The van der Waals surface area contributed by atoms with Gasteiger partial charge in [0, 0.05) is 6.20 Å². The minimum atomic E-state index is -3.83. The van der Waals surface area contributed by atoms with Crippen molar-refractivity contribution in [1.29, 1.82) is 0 Å². The lowest BCUT2D eigenvalue weighted by atomic mass is 10.4. The Hall–Kier alpha value is -1.34. The van der Waals surface area contributed by atoms with Crippen molar-refractivity contribution >= 4 is 33.3 Å². The van der Waals surface area contributed by atoms with Crippen molar-refractivity contribution in [1.82, 2.24) is 4.98 Å². The summed E-state index contributed by atoms with van der Waals surface area (Å²) < 4.78 is 29.8. The van der Waals surface area contributed by atoms with Crippen molar-refractivity contribution in [3.63, 3.8) is 0 Å². The predicted octanol–water partition coefficient (Wildman–Crippen LogP) is 1.04. The monoisotopic (exact) mass is 278 g/mol. The van der Waals surface area contributed by atoms with Crippen LogP contribution in [-0.2, 0) is 19.6 Å². The van der Waals surface area contributed by atoms with E-state index in [4.69, 9.17) is 11.6 Å². The van der Waals surface area contributed by atoms with E-state index in [0.29, 0.717) is 0 Å². The molecule has 0 saturated heterocycles. The third-order valence-electron chi connectivity index (χ3n) is 1.65. The van der Waals surface area contributed by atoms with Gasteiger partial charge in [-0.05, 0) is 13.0 Å². The van der Waals surface area contributed by atoms with E-state index in [1.807, 2.05) is 0 Å². The molecule has 8 heteroatoms. The quantitative estimate of drug-likeness (QED) is 0.814. The molecule has 0 bridgehead atoms. The predicted molar refractivity (Wildman–Crippen MR) is 63.3 cm³/mol. The first kappa shape index (κ1) is 13.7. The second kappa shape index (κ2) is 5.83. The fourth-order valence-electron chi connectivity index (χ4n) is 1.01. The highest BCUT2D eigenvalue weighted by atomic mass is 35.5. The summed E-state index contributed by atoms with van der Waals surface area (Å²) in [4.78, 5) is 14.8. The molecule has 1 N–H and O–H groups in total. The second-order valence-corrected chi connectivity index (χ2v) is 5.15. The number of carbonyl (C=O) groups excluding carboxylic acids is 1. The van der Waals surface area contributed by atoms with Crippen molar-refractivity contribution < 1.29 is 17.9 Å². The second-order valence-electron chi connectivity index (χ2n) is 3.02. The van der Waals surface area contributed by atoms with Crippen molar-refractivity contribution in [2.75, 3.05) is 17.1 Å². The number of aromatic nitrogens is 1. The maximum absolute atomic E-state index is 11.5. The zero-order valence-electron chi connectivity index (χ0n) is 9.01. The Kier molecular flexibility index (Phi) is 4.71. The van der Waals surface area contributed by atoms with Crippen LogP contribution in [0.3, 0.4) is 0 Å². The van der Waals surface area contributed by atoms with Crippen LogP contribution in [-0.4, -0.2) is 31.7 Å². The molecular weight excluding hydrogens is 268 g/mol. The first-order valence-corrected chi connectivity index (χ1v) is 6.73. The van der Waals surface area contributed by atoms with E-state index in [-0.39, 0.29) is 17.3 Å². The van der Waals surface area contributed by atoms with Gasteiger partial charge in [0.15, 0.2) is 5.75 Å². The Bertz CT molecular complexity index is 503. The number of pyridine rings is 1. The maximum Gasteiger partial charge on any atom is 0.323 e. The average Bonchev–Trinajstić information content (AvgIpc) is 2.20. The number of halogens is 1. The molecule has 94 valence electrons. The molecule has 0 atom stereocenters. The molecule has 1 rings (SSSR count). The maximum atomic E-state index is 11.5. The lowest BCUT2D eigenvalue weighted by Gasteiger charge is -2.08. The van der Waals surface area contributed by atoms with Crippen LogP contribution < -0.4 is 4.72 Å². The third kappa shape index (κ3) is 4.58. The number of carbonyl (C=O) groups is 1. The Morgan fingerprint density at radius 1 is 1.59 bits per heavy atom. The lowest BCUT2D eigenvalue weighted by Crippen LogP contribution is -2.24. The Morgan fingerprint density at radius 3 is 2.88 bits per heavy atom. The van der Waals surface area contributed by atoms with Crippen molar-refractivity contribution in [3.8, 4) is 0 Å². The fraction of sp³-hybridized carbons (Fsp3) is 0.333. The minimum absolute atomic E-state index is 0.124. The van der Waals surface area contributed by atoms with Crippen LogP contribution in [0.4, 0.5) is 5.69 Å². The van der Waals surface area contributed by atoms with Gasteiger partial charge in [-0.1, -0.05) is 11.6 Å². The van der Waals surface area contributed by atoms with Gasteiger partial charge >= 0.3 is 5.97 Å². The van der Waals surface area contributed by atoms with E-state index < -0.39 is 21.7 Å². The molecule has 0 aromatic carbocycles. The number of ether oxygens (including phenoxy) is 1. The molecule has 1 heterocycles. The topological polar surface area (TPSA) is 85.4 Å². The van der Waals surface area contributed by atoms with Gasteiger partial charge in [-0.15, -0.1) is 0 Å². The molecular formula is C9H11ClN2O4S. The van der Waals surface area contributed by atoms with E-state index in [2.05, 4.69) is 14.4 Å². The molecule has 1 aromatic heterocycles. The molecule has 1 aromatic rings. The van der Waals surface area contributed by atoms with Crippen molar-refractivity contribution in [2.45, 2.75) is 6.92 Å². The van der Waals surface area contributed by atoms with Crippen LogP contribution in [0, 0.1) is 0 Å². The Labute approximate surface area is 104 Å². The number of sulfonamides is 1. The van der Waals surface area contributed by atoms with Crippen molar-refractivity contribution in [3.05, 3.63) is 23.5 Å². The zero-order valence-corrected chi connectivity index (χ0v) is 10.6. The van der Waals surface area contributed by atoms with Gasteiger partial charge in [0.05, 0.1) is 23.5 Å². The Balaban J connectivity index is 2.74. The molecule has 0 aliphatic rings. The van der Waals surface area contributed by atoms with E-state index in [9.17, 15) is 13.2 Å². The average molecular weight is 279 g/mol. The fourth-order valence-corrected chi connectivity index (χ4v) is 2.19. The summed E-state index contributed by atoms with van der Waals surface area (Å²) in [7, 11) is -3.83. The first-order chi connectivity index (χ1) is 7.94. The number of nitrogens with one attached hydrogen (secondary N) is 1. The smallest absolute Gasteiger partial charge is 0.323 e. The van der Waals surface area contributed by atoms with Crippen LogP contribution >= 0.6 is 11.6 Å². The van der Waals surface area contributed by atoms with E-state index in [1.165, 1.54) is 18.5 Å². The van der Waals surface area contributed by atoms with Crippen LogP contribution in [0.5, 0.6) is 0 Å². The Morgan fingerprint density at radius 2 is 2.29 bits per heavy atom. The van der Waals surface area contributed by atoms with Crippen LogP contribution in [0.1, 0.15) is 6.92 Å². The lowest BCUT2D eigenvalue weighted by molar-refractivity contribution is -0.139. The minimum Gasteiger partial charge on any atom is -0.465 e. The molecule has 17 heavy (non-hydrogen) atoms. The van der Waals surface area contributed by atoms with Crippen LogP contribution in [0.2, 0.25) is 5.02 Å². The molecule has 0 saturated carbocycles. The van der Waals surface area contributed by atoms with Gasteiger partial charge in [-0.2, -0.15) is 0 Å². The van der Waals surface area contributed by atoms with E-state index in [1.54, 1.807) is 6.92 Å². The number of esters is 1. The van der Waals surface area contributed by atoms with Gasteiger partial charge < -0.3 is 4.74 Å². The van der Waals surface area contributed by atoms with Gasteiger partial charge in [0.2, 0.25) is 10.0 Å². The summed E-state index contributed by atoms with van der Waals surface area (Å²) in [5, 5.41) is 0.201. The summed E-state index contributed by atoms with van der Waals surface area (Å²) in [5.74, 6) is -1.58. The number of nitrogens with zero attached hydrogens (tertiary/aromatic N) is 1. The molecule has 0 fully saturated rings. The van der Waals surface area contributed by atoms with Crippen molar-refractivity contribution in [2.24, 2.45) is 0 Å². The van der Waals surface area contributed by atoms with Gasteiger partial charge in [0.1, 0.15) is 0 Å². The normalized spacial score (nSPS) is 10.9. The summed E-state index contributed by atoms with van der Waals surface area (Å²) in [6.07, 6.45) is 2.68. The standard InChI is InChI=1S/C9H11ClN2O4S/c1-2-16-9(13)6-17(14,15)12-8-5-11-4-3-7(8)10/h3-5,12H,2,6H2,1H3. The SMILES string of the molecule is CCOC(=O)CS(=O)(=O)Nc1cnccc1Cl. The number of rotatable bonds is 5. The molecule has 0 unspecified atom stereocenters. The molecule has 0 spiro atoms. The van der Waals surface area contributed by atoms with Crippen LogP contribution in [0.25, 0.3) is 0 Å². The highest BCUT2D eigenvalue weighted by Crippen LogP contribution is 2.20. The highest BCUT2D eigenvalue weighted by Gasteiger charge is 2.18. The summed E-state index contributed by atoms with van der Waals surface area (Å²) >= 11 is 5.74. The molecule has 0 radical (unpaired) electrons. The molecule has 0 aliphatic carbocycles. The molecule has 0 aliphatic heterocycles. The summed E-state index contributed by atoms with van der Waals surface area (Å²) in [6.45, 7) is 1.72. The largest absolute Gasteiger partial charge is 0.465 e. The third-order valence-corrected chi connectivity index (χ3v) is 3.12. The van der Waals surface area contributed by atoms with Gasteiger partial charge in [-0.3, -0.25) is 14.5 Å². The molecule has 6 nitrogen and oxygen atoms in total. The van der Waals surface area contributed by atoms with Crippen LogP contribution in [0.15, 0.2) is 18.5 Å². The van der Waals surface area contributed by atoms with Gasteiger partial charge in [-0.25, -0.2) is 8.42 Å². The summed E-state index contributed by atoms with van der Waals surface area (Å²) in [6, 6.07) is 1.43. The highest BCUT2D eigenvalue weighted by molar-refractivity contribution is 7.93. The first-order valence-electron chi connectivity index (χ1n) is 4.70. The van der Waals surface area contributed by atoms with E-state index >= 15 is 0 Å². The number of anilines is 1. The van der Waals surface area contributed by atoms with Gasteiger partial charge in [0.25, 0.3) is 0 Å². The summed E-state index contributed by atoms with van der Waals surface area (Å²) in [5.41, 5.74) is 0.124. The van der Waals surface area contributed by atoms with E-state index in [0.717, 1.165) is 0 Å². The molecule has 0 amide bonds. The number of hydrogen-bond acceptors (Lipinski definition) is 5.